The predicted molar refractivity (Wildman–Crippen MR) is 132 cm³/mol. The summed E-state index contributed by atoms with van der Waals surface area (Å²) in [5.74, 6) is -1.08. The van der Waals surface area contributed by atoms with Gasteiger partial charge in [0.25, 0.3) is 5.91 Å². The lowest BCUT2D eigenvalue weighted by atomic mass is 10.0. The van der Waals surface area contributed by atoms with E-state index in [1.54, 1.807) is 24.3 Å². The van der Waals surface area contributed by atoms with Crippen molar-refractivity contribution < 1.29 is 14.7 Å². The molecule has 1 aliphatic rings. The van der Waals surface area contributed by atoms with E-state index in [4.69, 9.17) is 5.11 Å². The zero-order valence-corrected chi connectivity index (χ0v) is 19.7. The number of para-hydroxylation sites is 1. The van der Waals surface area contributed by atoms with Gasteiger partial charge in [0.2, 0.25) is 0 Å². The van der Waals surface area contributed by atoms with Crippen molar-refractivity contribution >= 4 is 17.6 Å². The molecule has 3 rings (SSSR count). The van der Waals surface area contributed by atoms with Crippen molar-refractivity contribution in [1.82, 2.24) is 5.32 Å². The van der Waals surface area contributed by atoms with Gasteiger partial charge in [-0.15, -0.1) is 0 Å². The summed E-state index contributed by atoms with van der Waals surface area (Å²) in [6.07, 6.45) is 7.16. The van der Waals surface area contributed by atoms with Crippen molar-refractivity contribution in [2.75, 3.05) is 18.0 Å². The molecule has 5 heteroatoms. The number of benzene rings is 2. The zero-order valence-electron chi connectivity index (χ0n) is 19.7. The summed E-state index contributed by atoms with van der Waals surface area (Å²) in [6.45, 7) is 11.6. The Labute approximate surface area is 191 Å². The Morgan fingerprint density at radius 3 is 2.41 bits per heavy atom. The van der Waals surface area contributed by atoms with Gasteiger partial charge in [0.05, 0.1) is 22.9 Å². The molecule has 5 nitrogen and oxygen atoms in total. The molecule has 0 aromatic heterocycles. The Kier molecular flexibility index (Phi) is 9.26. The molecule has 0 saturated carbocycles. The Morgan fingerprint density at radius 1 is 1.12 bits per heavy atom. The molecule has 0 spiro atoms. The Bertz CT molecular complexity index is 990. The minimum atomic E-state index is -0.961. The molecule has 1 aliphatic heterocycles. The second kappa shape index (κ2) is 11.9. The number of anilines is 1. The van der Waals surface area contributed by atoms with Gasteiger partial charge >= 0.3 is 5.97 Å². The van der Waals surface area contributed by atoms with E-state index in [0.29, 0.717) is 5.56 Å². The quantitative estimate of drug-likeness (QED) is 0.542. The lowest BCUT2D eigenvalue weighted by molar-refractivity contribution is 0.0696. The average molecular weight is 435 g/mol. The number of aromatic carboxylic acids is 1. The van der Waals surface area contributed by atoms with Crippen LogP contribution in [0.15, 0.2) is 66.3 Å². The highest BCUT2D eigenvalue weighted by molar-refractivity contribution is 6.01. The van der Waals surface area contributed by atoms with E-state index in [9.17, 15) is 9.59 Å². The van der Waals surface area contributed by atoms with Gasteiger partial charge in [-0.05, 0) is 62.1 Å². The first-order valence-electron chi connectivity index (χ1n) is 11.2. The van der Waals surface area contributed by atoms with E-state index < -0.39 is 5.97 Å². The van der Waals surface area contributed by atoms with Crippen LogP contribution in [-0.2, 0) is 6.42 Å². The molecule has 2 aromatic rings. The summed E-state index contributed by atoms with van der Waals surface area (Å²) >= 11 is 0. The topological polar surface area (TPSA) is 69.6 Å². The highest BCUT2D eigenvalue weighted by Crippen LogP contribution is 2.33. The van der Waals surface area contributed by atoms with E-state index in [1.165, 1.54) is 11.1 Å². The number of rotatable bonds is 7. The highest BCUT2D eigenvalue weighted by atomic mass is 16.4. The van der Waals surface area contributed by atoms with Gasteiger partial charge in [0, 0.05) is 13.1 Å². The lowest BCUT2D eigenvalue weighted by Gasteiger charge is -2.23. The van der Waals surface area contributed by atoms with E-state index in [2.05, 4.69) is 28.4 Å². The molecular weight excluding hydrogens is 400 g/mol. The number of amides is 1. The monoisotopic (exact) mass is 434 g/mol. The normalized spacial score (nSPS) is 13.9. The van der Waals surface area contributed by atoms with Gasteiger partial charge < -0.3 is 15.3 Å². The SMILES string of the molecule is C/C=C\C(=C/C)CN1CCc2cccc(C(=O)N[C@@H](C)c3ccc(C(=O)O)cc3)c21.CC. The molecule has 32 heavy (non-hydrogen) atoms. The molecule has 0 saturated heterocycles. The van der Waals surface area contributed by atoms with Crippen molar-refractivity contribution in [2.24, 2.45) is 0 Å². The van der Waals surface area contributed by atoms with Crippen LogP contribution < -0.4 is 10.2 Å². The van der Waals surface area contributed by atoms with Crippen molar-refractivity contribution in [2.45, 2.75) is 47.1 Å². The van der Waals surface area contributed by atoms with E-state index in [-0.39, 0.29) is 17.5 Å². The number of nitrogens with one attached hydrogen (secondary N) is 1. The van der Waals surface area contributed by atoms with E-state index in [1.807, 2.05) is 52.8 Å². The molecule has 170 valence electrons. The van der Waals surface area contributed by atoms with Crippen LogP contribution in [0.5, 0.6) is 0 Å². The number of carbonyl (C=O) groups is 2. The van der Waals surface area contributed by atoms with Crippen LogP contribution in [0.25, 0.3) is 0 Å². The minimum Gasteiger partial charge on any atom is -0.478 e. The van der Waals surface area contributed by atoms with Crippen molar-refractivity contribution in [3.63, 3.8) is 0 Å². The fourth-order valence-electron chi connectivity index (χ4n) is 3.82. The average Bonchev–Trinajstić information content (AvgIpc) is 3.23. The number of carboxylic acids is 1. The Balaban J connectivity index is 0.00000176. The van der Waals surface area contributed by atoms with E-state index in [0.717, 1.165) is 30.8 Å². The van der Waals surface area contributed by atoms with E-state index >= 15 is 0 Å². The number of hydrogen-bond donors (Lipinski definition) is 2. The minimum absolute atomic E-state index is 0.123. The van der Waals surface area contributed by atoms with Crippen molar-refractivity contribution in [3.05, 3.63) is 88.5 Å². The predicted octanol–water partition coefficient (Wildman–Crippen LogP) is 5.79. The third-order valence-electron chi connectivity index (χ3n) is 5.46. The maximum atomic E-state index is 13.1. The van der Waals surface area contributed by atoms with Crippen molar-refractivity contribution in [3.8, 4) is 0 Å². The molecule has 1 atom stereocenters. The third-order valence-corrected chi connectivity index (χ3v) is 5.46. The molecule has 0 radical (unpaired) electrons. The Morgan fingerprint density at radius 2 is 1.81 bits per heavy atom. The molecule has 1 amide bonds. The molecule has 0 aliphatic carbocycles. The van der Waals surface area contributed by atoms with Gasteiger partial charge in [0.15, 0.2) is 0 Å². The fourth-order valence-corrected chi connectivity index (χ4v) is 3.82. The zero-order chi connectivity index (χ0) is 23.7. The first-order valence-corrected chi connectivity index (χ1v) is 11.2. The van der Waals surface area contributed by atoms with Gasteiger partial charge in [-0.1, -0.05) is 56.3 Å². The second-order valence-electron chi connectivity index (χ2n) is 7.47. The van der Waals surface area contributed by atoms with Crippen LogP contribution in [0.1, 0.15) is 72.5 Å². The number of hydrogen-bond acceptors (Lipinski definition) is 3. The summed E-state index contributed by atoms with van der Waals surface area (Å²) in [5, 5.41) is 12.1. The molecule has 0 bridgehead atoms. The highest BCUT2D eigenvalue weighted by Gasteiger charge is 2.26. The largest absolute Gasteiger partial charge is 0.478 e. The first kappa shape index (κ1) is 24.9. The second-order valence-corrected chi connectivity index (χ2v) is 7.47. The summed E-state index contributed by atoms with van der Waals surface area (Å²) in [4.78, 5) is 26.4. The van der Waals surface area contributed by atoms with Crippen LogP contribution in [0.2, 0.25) is 0 Å². The molecular formula is C27H34N2O3. The van der Waals surface area contributed by atoms with Crippen LogP contribution in [0.4, 0.5) is 5.69 Å². The number of fused-ring (bicyclic) bond motifs is 1. The van der Waals surface area contributed by atoms with Crippen LogP contribution in [-0.4, -0.2) is 30.1 Å². The van der Waals surface area contributed by atoms with Crippen LogP contribution in [0.3, 0.4) is 0 Å². The number of carboxylic acid groups (broad SMARTS) is 1. The van der Waals surface area contributed by atoms with Crippen molar-refractivity contribution in [1.29, 1.82) is 0 Å². The summed E-state index contributed by atoms with van der Waals surface area (Å²) in [5.41, 5.74) is 5.18. The molecule has 2 aromatic carbocycles. The molecule has 0 fully saturated rings. The number of allylic oxidation sites excluding steroid dienone is 2. The number of carbonyl (C=O) groups excluding carboxylic acids is 1. The van der Waals surface area contributed by atoms with Gasteiger partial charge in [-0.2, -0.15) is 0 Å². The Hall–Kier alpha value is -3.34. The molecule has 0 unspecified atom stereocenters. The maximum absolute atomic E-state index is 13.1. The molecule has 2 N–H and O–H groups in total. The van der Waals surface area contributed by atoms with Crippen LogP contribution >= 0.6 is 0 Å². The smallest absolute Gasteiger partial charge is 0.335 e. The lowest BCUT2D eigenvalue weighted by Crippen LogP contribution is -2.30. The molecule has 1 heterocycles. The summed E-state index contributed by atoms with van der Waals surface area (Å²) in [6, 6.07) is 12.3. The summed E-state index contributed by atoms with van der Waals surface area (Å²) in [7, 11) is 0. The van der Waals surface area contributed by atoms with Gasteiger partial charge in [-0.25, -0.2) is 4.79 Å². The fraction of sp³-hybridized carbons (Fsp3) is 0.333. The maximum Gasteiger partial charge on any atom is 0.335 e. The number of nitrogens with zero attached hydrogens (tertiary/aromatic N) is 1. The van der Waals surface area contributed by atoms with Gasteiger partial charge in [-0.3, -0.25) is 4.79 Å². The third kappa shape index (κ3) is 5.88. The summed E-state index contributed by atoms with van der Waals surface area (Å²) < 4.78 is 0. The van der Waals surface area contributed by atoms with Crippen LogP contribution in [0, 0.1) is 0 Å². The first-order chi connectivity index (χ1) is 15.4. The standard InChI is InChI=1S/C25H28N2O3.C2H6/c1-4-7-18(5-2)16-27-15-14-20-8-6-9-22(23(20)27)24(28)26-17(3)19-10-12-21(13-11-19)25(29)30;1-2/h4-13,17H,14-16H2,1-3H3,(H,26,28)(H,29,30);1-2H3/b7-4-,18-5+;/t17-;/m0./s1. The van der Waals surface area contributed by atoms with Gasteiger partial charge in [0.1, 0.15) is 0 Å².